The number of hydrogen-bond donors (Lipinski definition) is 3. The summed E-state index contributed by atoms with van der Waals surface area (Å²) in [6.45, 7) is 1.86. The zero-order chi connectivity index (χ0) is 16.3. The molecule has 0 unspecified atom stereocenters. The molecule has 1 aromatic carbocycles. The lowest BCUT2D eigenvalue weighted by atomic mass is 10.2. The first-order valence-corrected chi connectivity index (χ1v) is 7.43. The summed E-state index contributed by atoms with van der Waals surface area (Å²) in [7, 11) is 0. The van der Waals surface area contributed by atoms with E-state index in [4.69, 9.17) is 27.5 Å². The van der Waals surface area contributed by atoms with E-state index in [0.29, 0.717) is 10.6 Å². The van der Waals surface area contributed by atoms with Gasteiger partial charge in [-0.15, -0.1) is 0 Å². The highest BCUT2D eigenvalue weighted by molar-refractivity contribution is 7.11. The van der Waals surface area contributed by atoms with Crippen LogP contribution in [0.2, 0.25) is 5.02 Å². The number of nitrogens with one attached hydrogen (secondary N) is 2. The number of ether oxygens (including phenoxy) is 1. The number of amides is 1. The number of rotatable bonds is 4. The minimum Gasteiger partial charge on any atom is -0.462 e. The van der Waals surface area contributed by atoms with Crippen LogP contribution in [0.5, 0.6) is 0 Å². The van der Waals surface area contributed by atoms with Crippen LogP contribution in [0.1, 0.15) is 27.0 Å². The molecule has 7 nitrogen and oxygen atoms in total. The van der Waals surface area contributed by atoms with E-state index in [1.807, 2.05) is 0 Å². The van der Waals surface area contributed by atoms with E-state index in [2.05, 4.69) is 5.43 Å². The lowest BCUT2D eigenvalue weighted by Gasteiger charge is -2.08. The van der Waals surface area contributed by atoms with Crippen LogP contribution in [0.4, 0.5) is 5.82 Å². The number of carbonyl (C=O) groups excluding carboxylic acids is 2. The van der Waals surface area contributed by atoms with Crippen molar-refractivity contribution in [3.05, 3.63) is 44.5 Å². The summed E-state index contributed by atoms with van der Waals surface area (Å²) in [6, 6.07) is 6.22. The van der Waals surface area contributed by atoms with Crippen LogP contribution in [-0.4, -0.2) is 23.2 Å². The molecule has 0 aliphatic carbocycles. The van der Waals surface area contributed by atoms with Gasteiger partial charge >= 0.3 is 5.97 Å². The number of nitrogens with zero attached hydrogens (tertiary/aromatic N) is 1. The third-order valence-corrected chi connectivity index (χ3v) is 3.86. The number of anilines is 1. The maximum absolute atomic E-state index is 12.1. The molecule has 0 radical (unpaired) electrons. The zero-order valence-electron chi connectivity index (χ0n) is 11.6. The van der Waals surface area contributed by atoms with Gasteiger partial charge in [-0.1, -0.05) is 22.9 Å². The number of halogens is 1. The first-order valence-electron chi connectivity index (χ1n) is 6.24. The summed E-state index contributed by atoms with van der Waals surface area (Å²) >= 11 is 6.58. The molecule has 2 aromatic rings. The van der Waals surface area contributed by atoms with Crippen molar-refractivity contribution >= 4 is 40.6 Å². The quantitative estimate of drug-likeness (QED) is 0.737. The summed E-state index contributed by atoms with van der Waals surface area (Å²) in [4.78, 5) is 23.8. The third kappa shape index (κ3) is 3.29. The maximum Gasteiger partial charge on any atom is 0.352 e. The van der Waals surface area contributed by atoms with Crippen LogP contribution >= 0.6 is 22.9 Å². The molecule has 0 aliphatic rings. The summed E-state index contributed by atoms with van der Waals surface area (Å²) in [5.74, 6) is -1.15. The van der Waals surface area contributed by atoms with Crippen molar-refractivity contribution in [1.29, 1.82) is 5.41 Å². The van der Waals surface area contributed by atoms with E-state index in [9.17, 15) is 9.59 Å². The number of thiazole rings is 1. The Labute approximate surface area is 134 Å². The molecule has 2 rings (SSSR count). The molecule has 1 heterocycles. The van der Waals surface area contributed by atoms with Crippen molar-refractivity contribution in [2.45, 2.75) is 6.92 Å². The first kappa shape index (κ1) is 16.1. The molecular weight excluding hydrogens is 328 g/mol. The molecule has 0 spiro atoms. The number of nitrogens with two attached hydrogens (primary N) is 1. The highest BCUT2D eigenvalue weighted by Gasteiger charge is 2.19. The predicted octanol–water partition coefficient (Wildman–Crippen LogP) is 1.83. The molecule has 0 saturated carbocycles. The average Bonchev–Trinajstić information content (AvgIpc) is 2.76. The van der Waals surface area contributed by atoms with Crippen molar-refractivity contribution in [2.75, 3.05) is 17.8 Å². The van der Waals surface area contributed by atoms with E-state index in [1.165, 1.54) is 12.1 Å². The molecule has 0 atom stereocenters. The fourth-order valence-corrected chi connectivity index (χ4v) is 2.52. The molecule has 22 heavy (non-hydrogen) atoms. The van der Waals surface area contributed by atoms with E-state index < -0.39 is 11.9 Å². The Bertz CT molecular complexity index is 767. The van der Waals surface area contributed by atoms with Gasteiger partial charge in [0.05, 0.1) is 6.61 Å². The molecule has 0 saturated heterocycles. The van der Waals surface area contributed by atoms with Crippen LogP contribution in [0, 0.1) is 5.41 Å². The van der Waals surface area contributed by atoms with Crippen molar-refractivity contribution in [2.24, 2.45) is 0 Å². The van der Waals surface area contributed by atoms with Gasteiger partial charge in [-0.2, -0.15) is 0 Å². The predicted molar refractivity (Wildman–Crippen MR) is 83.7 cm³/mol. The normalized spacial score (nSPS) is 10.3. The second-order valence-corrected chi connectivity index (χ2v) is 5.56. The van der Waals surface area contributed by atoms with E-state index >= 15 is 0 Å². The zero-order valence-corrected chi connectivity index (χ0v) is 13.1. The monoisotopic (exact) mass is 340 g/mol. The standard InChI is InChI=1S/C13H13ClN4O3S/c1-2-21-12(20)9-10(15)18(13(16)22-9)17-11(19)7-3-5-8(14)6-4-7/h3-6,16H,2,15H2,1H3,(H,17,19). The topological polar surface area (TPSA) is 110 Å². The maximum atomic E-state index is 12.1. The number of esters is 1. The van der Waals surface area contributed by atoms with Gasteiger partial charge < -0.3 is 10.5 Å². The smallest absolute Gasteiger partial charge is 0.352 e. The summed E-state index contributed by atoms with van der Waals surface area (Å²) in [6.07, 6.45) is 0. The van der Waals surface area contributed by atoms with Crippen LogP contribution in [0.3, 0.4) is 0 Å². The molecule has 1 aromatic heterocycles. The summed E-state index contributed by atoms with van der Waals surface area (Å²) < 4.78 is 5.88. The summed E-state index contributed by atoms with van der Waals surface area (Å²) in [5, 5.41) is 8.31. The molecule has 9 heteroatoms. The molecular formula is C13H13ClN4O3S. The average molecular weight is 341 g/mol. The Morgan fingerprint density at radius 3 is 2.64 bits per heavy atom. The van der Waals surface area contributed by atoms with E-state index in [1.54, 1.807) is 19.1 Å². The van der Waals surface area contributed by atoms with Gasteiger partial charge in [0.1, 0.15) is 0 Å². The van der Waals surface area contributed by atoms with Gasteiger partial charge in [-0.3, -0.25) is 15.6 Å². The first-order chi connectivity index (χ1) is 10.4. The summed E-state index contributed by atoms with van der Waals surface area (Å²) in [5.41, 5.74) is 8.61. The Kier molecular flexibility index (Phi) is 4.84. The third-order valence-electron chi connectivity index (χ3n) is 2.66. The number of carbonyl (C=O) groups is 2. The Morgan fingerprint density at radius 2 is 2.05 bits per heavy atom. The molecule has 4 N–H and O–H groups in total. The van der Waals surface area contributed by atoms with Gasteiger partial charge in [0.25, 0.3) is 5.91 Å². The highest BCUT2D eigenvalue weighted by atomic mass is 35.5. The molecule has 1 amide bonds. The number of benzene rings is 1. The van der Waals surface area contributed by atoms with E-state index in [-0.39, 0.29) is 22.1 Å². The van der Waals surface area contributed by atoms with Crippen LogP contribution in [0.15, 0.2) is 24.3 Å². The van der Waals surface area contributed by atoms with Gasteiger partial charge in [-0.05, 0) is 31.2 Å². The van der Waals surface area contributed by atoms with Crippen LogP contribution in [-0.2, 0) is 4.74 Å². The second kappa shape index (κ2) is 6.63. The van der Waals surface area contributed by atoms with Gasteiger partial charge in [0, 0.05) is 10.6 Å². The Hall–Kier alpha value is -2.32. The van der Waals surface area contributed by atoms with Gasteiger partial charge in [0.15, 0.2) is 10.7 Å². The minimum absolute atomic E-state index is 0.0456. The van der Waals surface area contributed by atoms with Gasteiger partial charge in [0.2, 0.25) is 4.80 Å². The lowest BCUT2D eigenvalue weighted by Crippen LogP contribution is -2.31. The van der Waals surface area contributed by atoms with Crippen molar-refractivity contribution in [3.63, 3.8) is 0 Å². The largest absolute Gasteiger partial charge is 0.462 e. The Balaban J connectivity index is 2.26. The van der Waals surface area contributed by atoms with Crippen LogP contribution in [0.25, 0.3) is 0 Å². The number of aromatic nitrogens is 1. The highest BCUT2D eigenvalue weighted by Crippen LogP contribution is 2.16. The molecule has 0 fully saturated rings. The van der Waals surface area contributed by atoms with Crippen molar-refractivity contribution < 1.29 is 14.3 Å². The van der Waals surface area contributed by atoms with Crippen molar-refractivity contribution in [1.82, 2.24) is 4.68 Å². The second-order valence-electron chi connectivity index (χ2n) is 4.13. The molecule has 0 aliphatic heterocycles. The van der Waals surface area contributed by atoms with Crippen LogP contribution < -0.4 is 16.0 Å². The minimum atomic E-state index is -0.627. The Morgan fingerprint density at radius 1 is 1.41 bits per heavy atom. The number of nitrogen functional groups attached to an aromatic ring is 1. The lowest BCUT2D eigenvalue weighted by molar-refractivity contribution is 0.0532. The van der Waals surface area contributed by atoms with E-state index in [0.717, 1.165) is 16.0 Å². The van der Waals surface area contributed by atoms with Crippen molar-refractivity contribution in [3.8, 4) is 0 Å². The molecule has 0 bridgehead atoms. The fraction of sp³-hybridized carbons (Fsp3) is 0.154. The number of hydrogen-bond acceptors (Lipinski definition) is 6. The SMILES string of the molecule is CCOC(=O)c1sc(=N)n(NC(=O)c2ccc(Cl)cc2)c1N. The fourth-order valence-electron chi connectivity index (χ4n) is 1.63. The molecule has 116 valence electrons. The van der Waals surface area contributed by atoms with Gasteiger partial charge in [-0.25, -0.2) is 9.47 Å².